The lowest BCUT2D eigenvalue weighted by atomic mass is 10.0. The Morgan fingerprint density at radius 1 is 0.971 bits per heavy atom. The largest absolute Gasteiger partial charge is 0.452 e. The molecule has 0 spiro atoms. The zero-order chi connectivity index (χ0) is 23.7. The number of aryl methyl sites for hydroxylation is 1. The molecule has 0 atom stereocenters. The number of benzene rings is 3. The molecule has 0 saturated carbocycles. The van der Waals surface area contributed by atoms with Crippen molar-refractivity contribution in [3.8, 4) is 5.69 Å². The van der Waals surface area contributed by atoms with Crippen LogP contribution in [0.5, 0.6) is 0 Å². The summed E-state index contributed by atoms with van der Waals surface area (Å²) < 4.78 is 6.84. The Hall–Kier alpha value is -4.72. The molecule has 1 N–H and O–H groups in total. The van der Waals surface area contributed by atoms with Crippen molar-refractivity contribution in [3.63, 3.8) is 0 Å². The van der Waals surface area contributed by atoms with E-state index in [0.29, 0.717) is 28.1 Å². The summed E-state index contributed by atoms with van der Waals surface area (Å²) in [5.74, 6) is 0.451. The number of ketones is 1. The Kier molecular flexibility index (Phi) is 5.39. The van der Waals surface area contributed by atoms with Crippen molar-refractivity contribution in [2.75, 3.05) is 12.0 Å². The zero-order valence-corrected chi connectivity index (χ0v) is 18.6. The molecule has 0 radical (unpaired) electrons. The van der Waals surface area contributed by atoms with Crippen molar-refractivity contribution in [3.05, 3.63) is 102 Å². The molecule has 5 rings (SSSR count). The standard InChI is InChI=1S/C26H21N5O3/c1-17-8-6-7-11-22(17)30-15-14-27-25(30)31(26(33)34-2)24-28-20-13-12-19(16-21(20)29-24)23(32)18-9-4-3-5-10-18/h3-16H,1-2H3,(H,28,29). The molecule has 168 valence electrons. The number of aromatic amines is 1. The number of nitrogens with one attached hydrogen (secondary N) is 1. The van der Waals surface area contributed by atoms with Crippen LogP contribution in [0.4, 0.5) is 16.7 Å². The minimum Gasteiger partial charge on any atom is -0.452 e. The van der Waals surface area contributed by atoms with Gasteiger partial charge >= 0.3 is 6.09 Å². The quantitative estimate of drug-likeness (QED) is 0.371. The van der Waals surface area contributed by atoms with Crippen LogP contribution in [0.2, 0.25) is 0 Å². The molecule has 0 saturated heterocycles. The second-order valence-electron chi connectivity index (χ2n) is 7.68. The maximum atomic E-state index is 12.9. The maximum Gasteiger partial charge on any atom is 0.423 e. The van der Waals surface area contributed by atoms with Crippen LogP contribution in [-0.4, -0.2) is 38.5 Å². The lowest BCUT2D eigenvalue weighted by Crippen LogP contribution is -2.29. The third-order valence-electron chi connectivity index (χ3n) is 5.53. The first-order chi connectivity index (χ1) is 16.6. The van der Waals surface area contributed by atoms with Crippen molar-refractivity contribution in [1.82, 2.24) is 19.5 Å². The molecule has 5 aromatic rings. The van der Waals surface area contributed by atoms with Crippen LogP contribution >= 0.6 is 0 Å². The molecular formula is C26H21N5O3. The number of hydrogen-bond acceptors (Lipinski definition) is 5. The lowest BCUT2D eigenvalue weighted by molar-refractivity contribution is 0.103. The van der Waals surface area contributed by atoms with Crippen molar-refractivity contribution in [2.24, 2.45) is 0 Å². The molecular weight excluding hydrogens is 430 g/mol. The van der Waals surface area contributed by atoms with E-state index in [0.717, 1.165) is 11.3 Å². The number of para-hydroxylation sites is 1. The number of aromatic nitrogens is 4. The Morgan fingerprint density at radius 2 is 1.74 bits per heavy atom. The van der Waals surface area contributed by atoms with Gasteiger partial charge in [-0.05, 0) is 36.8 Å². The van der Waals surface area contributed by atoms with Crippen molar-refractivity contribution >= 4 is 34.8 Å². The van der Waals surface area contributed by atoms with E-state index >= 15 is 0 Å². The first-order valence-corrected chi connectivity index (χ1v) is 10.6. The number of rotatable bonds is 5. The van der Waals surface area contributed by atoms with Gasteiger partial charge in [0.1, 0.15) is 0 Å². The van der Waals surface area contributed by atoms with E-state index in [4.69, 9.17) is 4.74 Å². The number of fused-ring (bicyclic) bond motifs is 1. The number of imidazole rings is 2. The average Bonchev–Trinajstić information content (AvgIpc) is 3.51. The number of anilines is 2. The van der Waals surface area contributed by atoms with Gasteiger partial charge < -0.3 is 9.72 Å². The van der Waals surface area contributed by atoms with Crippen LogP contribution in [0.3, 0.4) is 0 Å². The molecule has 0 bridgehead atoms. The predicted molar refractivity (Wildman–Crippen MR) is 129 cm³/mol. The highest BCUT2D eigenvalue weighted by atomic mass is 16.5. The summed E-state index contributed by atoms with van der Waals surface area (Å²) in [6, 6.07) is 22.0. The van der Waals surface area contributed by atoms with Crippen molar-refractivity contribution in [2.45, 2.75) is 6.92 Å². The maximum absolute atomic E-state index is 12.9. The summed E-state index contributed by atoms with van der Waals surface area (Å²) in [6.07, 6.45) is 2.73. The van der Waals surface area contributed by atoms with Crippen molar-refractivity contribution in [1.29, 1.82) is 0 Å². The van der Waals surface area contributed by atoms with Crippen molar-refractivity contribution < 1.29 is 14.3 Å². The number of carbonyl (C=O) groups excluding carboxylic acids is 2. The molecule has 0 aliphatic rings. The number of amides is 1. The molecule has 3 aromatic carbocycles. The second kappa shape index (κ2) is 8.67. The summed E-state index contributed by atoms with van der Waals surface area (Å²) in [5, 5.41) is 0. The molecule has 0 unspecified atom stereocenters. The number of hydrogen-bond donors (Lipinski definition) is 1. The van der Waals surface area contributed by atoms with Gasteiger partial charge in [-0.25, -0.2) is 14.8 Å². The van der Waals surface area contributed by atoms with E-state index < -0.39 is 6.09 Å². The molecule has 2 aromatic heterocycles. The van der Waals surface area contributed by atoms with Crippen LogP contribution < -0.4 is 4.90 Å². The van der Waals surface area contributed by atoms with E-state index in [1.165, 1.54) is 12.0 Å². The molecule has 0 aliphatic carbocycles. The van der Waals surface area contributed by atoms with Crippen LogP contribution in [0, 0.1) is 6.92 Å². The fraction of sp³-hybridized carbons (Fsp3) is 0.0769. The highest BCUT2D eigenvalue weighted by Crippen LogP contribution is 2.29. The van der Waals surface area contributed by atoms with Crippen LogP contribution in [0.15, 0.2) is 85.2 Å². The molecule has 0 fully saturated rings. The number of carbonyl (C=O) groups is 2. The molecule has 2 heterocycles. The second-order valence-corrected chi connectivity index (χ2v) is 7.68. The SMILES string of the molecule is COC(=O)N(c1nc2ccc(C(=O)c3ccccc3)cc2[nH]1)c1nccn1-c1ccccc1C. The van der Waals surface area contributed by atoms with E-state index in [9.17, 15) is 9.59 Å². The Balaban J connectivity index is 1.58. The van der Waals surface area contributed by atoms with E-state index in [1.807, 2.05) is 49.4 Å². The highest BCUT2D eigenvalue weighted by molar-refractivity contribution is 6.10. The third kappa shape index (κ3) is 3.71. The van der Waals surface area contributed by atoms with Gasteiger partial charge in [-0.2, -0.15) is 4.90 Å². The first-order valence-electron chi connectivity index (χ1n) is 10.6. The smallest absolute Gasteiger partial charge is 0.423 e. The van der Waals surface area contributed by atoms with Crippen LogP contribution in [-0.2, 0) is 4.74 Å². The monoisotopic (exact) mass is 451 g/mol. The van der Waals surface area contributed by atoms with Gasteiger partial charge in [0.15, 0.2) is 5.78 Å². The number of H-pyrrole nitrogens is 1. The van der Waals surface area contributed by atoms with Crippen LogP contribution in [0.25, 0.3) is 16.7 Å². The fourth-order valence-electron chi connectivity index (χ4n) is 3.84. The lowest BCUT2D eigenvalue weighted by Gasteiger charge is -2.19. The van der Waals surface area contributed by atoms with Gasteiger partial charge in [-0.3, -0.25) is 9.36 Å². The van der Waals surface area contributed by atoms with Gasteiger partial charge in [0.05, 0.1) is 23.8 Å². The summed E-state index contributed by atoms with van der Waals surface area (Å²) in [5.41, 5.74) is 4.20. The summed E-state index contributed by atoms with van der Waals surface area (Å²) in [6.45, 7) is 1.98. The van der Waals surface area contributed by atoms with Gasteiger partial charge in [0.25, 0.3) is 0 Å². The molecule has 8 heteroatoms. The first kappa shape index (κ1) is 21.1. The van der Waals surface area contributed by atoms with Gasteiger partial charge in [0.2, 0.25) is 11.9 Å². The zero-order valence-electron chi connectivity index (χ0n) is 18.6. The number of methoxy groups -OCH3 is 1. The third-order valence-corrected chi connectivity index (χ3v) is 5.53. The molecule has 34 heavy (non-hydrogen) atoms. The average molecular weight is 451 g/mol. The Labute approximate surface area is 195 Å². The van der Waals surface area contributed by atoms with Gasteiger partial charge in [-0.15, -0.1) is 0 Å². The fourth-order valence-corrected chi connectivity index (χ4v) is 3.84. The molecule has 8 nitrogen and oxygen atoms in total. The normalized spacial score (nSPS) is 10.9. The summed E-state index contributed by atoms with van der Waals surface area (Å²) >= 11 is 0. The summed E-state index contributed by atoms with van der Waals surface area (Å²) in [4.78, 5) is 39.1. The molecule has 0 aliphatic heterocycles. The van der Waals surface area contributed by atoms with Gasteiger partial charge in [-0.1, -0.05) is 48.5 Å². The minimum absolute atomic E-state index is 0.0985. The van der Waals surface area contributed by atoms with E-state index in [1.54, 1.807) is 47.3 Å². The highest BCUT2D eigenvalue weighted by Gasteiger charge is 2.27. The van der Waals surface area contributed by atoms with E-state index in [-0.39, 0.29) is 11.7 Å². The van der Waals surface area contributed by atoms with Crippen LogP contribution in [0.1, 0.15) is 21.5 Å². The number of ether oxygens (including phenoxy) is 1. The Bertz CT molecular complexity index is 1500. The predicted octanol–water partition coefficient (Wildman–Crippen LogP) is 5.19. The topological polar surface area (TPSA) is 93.1 Å². The molecule has 1 amide bonds. The summed E-state index contributed by atoms with van der Waals surface area (Å²) in [7, 11) is 1.30. The Morgan fingerprint density at radius 3 is 2.50 bits per heavy atom. The number of nitrogens with zero attached hydrogens (tertiary/aromatic N) is 4. The van der Waals surface area contributed by atoms with E-state index in [2.05, 4.69) is 15.0 Å². The minimum atomic E-state index is -0.652. The van der Waals surface area contributed by atoms with Gasteiger partial charge in [0, 0.05) is 23.5 Å².